The minimum Gasteiger partial charge on any atom is -0.378 e. The highest BCUT2D eigenvalue weighted by Crippen LogP contribution is 2.36. The number of hydrogen-bond acceptors (Lipinski definition) is 3. The Kier molecular flexibility index (Phi) is 4.19. The third-order valence-corrected chi connectivity index (χ3v) is 5.89. The van der Waals surface area contributed by atoms with Crippen LogP contribution in [0.5, 0.6) is 0 Å². The smallest absolute Gasteiger partial charge is 0.194 e. The van der Waals surface area contributed by atoms with E-state index in [2.05, 4.69) is 43.8 Å². The standard InChI is InChI=1S/C14H12BrCl2N3S/c1-7-6-20-11(8(2)19-14(20)21-7)5-18-10-4-3-9(15)12(16)13(10)17/h3-4,6,18H,5H2,1-2H3. The monoisotopic (exact) mass is 403 g/mol. The maximum absolute atomic E-state index is 6.26. The number of rotatable bonds is 3. The van der Waals surface area contributed by atoms with E-state index in [0.29, 0.717) is 16.6 Å². The molecule has 7 heteroatoms. The normalized spacial score (nSPS) is 11.3. The predicted molar refractivity (Wildman–Crippen MR) is 94.0 cm³/mol. The highest BCUT2D eigenvalue weighted by Gasteiger charge is 2.13. The molecular weight excluding hydrogens is 393 g/mol. The number of aromatic nitrogens is 2. The van der Waals surface area contributed by atoms with E-state index in [1.807, 2.05) is 19.1 Å². The van der Waals surface area contributed by atoms with Crippen LogP contribution in [0.4, 0.5) is 5.69 Å². The highest BCUT2D eigenvalue weighted by molar-refractivity contribution is 9.10. The molecule has 0 aliphatic rings. The average Bonchev–Trinajstić information content (AvgIpc) is 2.91. The van der Waals surface area contributed by atoms with Gasteiger partial charge in [0.15, 0.2) is 4.96 Å². The minimum absolute atomic E-state index is 0.517. The van der Waals surface area contributed by atoms with Crippen LogP contribution in [0.25, 0.3) is 4.96 Å². The molecule has 0 aliphatic carbocycles. The molecule has 0 saturated heterocycles. The predicted octanol–water partition coefficient (Wildman–Crippen LogP) is 5.69. The van der Waals surface area contributed by atoms with Gasteiger partial charge in [-0.15, -0.1) is 11.3 Å². The molecule has 3 nitrogen and oxygen atoms in total. The average molecular weight is 405 g/mol. The Morgan fingerprint density at radius 1 is 1.29 bits per heavy atom. The van der Waals surface area contributed by atoms with Crippen LogP contribution < -0.4 is 5.32 Å². The van der Waals surface area contributed by atoms with Crippen molar-refractivity contribution in [1.29, 1.82) is 0 Å². The number of imidazole rings is 1. The summed E-state index contributed by atoms with van der Waals surface area (Å²) in [7, 11) is 0. The van der Waals surface area contributed by atoms with Crippen LogP contribution >= 0.6 is 50.5 Å². The lowest BCUT2D eigenvalue weighted by Crippen LogP contribution is -2.04. The Labute approximate surface area is 145 Å². The number of aryl methyl sites for hydroxylation is 2. The molecular formula is C14H12BrCl2N3S. The van der Waals surface area contributed by atoms with Crippen LogP contribution in [0, 0.1) is 13.8 Å². The molecule has 3 aromatic rings. The van der Waals surface area contributed by atoms with Crippen LogP contribution in [0.2, 0.25) is 10.0 Å². The Hall–Kier alpha value is -0.750. The van der Waals surface area contributed by atoms with E-state index in [9.17, 15) is 0 Å². The first-order valence-corrected chi connectivity index (χ1v) is 8.65. The van der Waals surface area contributed by atoms with Crippen molar-refractivity contribution in [3.8, 4) is 0 Å². The van der Waals surface area contributed by atoms with E-state index in [-0.39, 0.29) is 0 Å². The third kappa shape index (κ3) is 2.80. The molecule has 0 atom stereocenters. The topological polar surface area (TPSA) is 29.3 Å². The van der Waals surface area contributed by atoms with E-state index in [0.717, 1.165) is 26.5 Å². The molecule has 0 saturated carbocycles. The molecule has 1 aromatic carbocycles. The summed E-state index contributed by atoms with van der Waals surface area (Å²) < 4.78 is 2.91. The van der Waals surface area contributed by atoms with Crippen molar-refractivity contribution in [3.63, 3.8) is 0 Å². The maximum atomic E-state index is 6.26. The van der Waals surface area contributed by atoms with Crippen LogP contribution in [0.15, 0.2) is 22.8 Å². The van der Waals surface area contributed by atoms with Gasteiger partial charge in [0.25, 0.3) is 0 Å². The van der Waals surface area contributed by atoms with Crippen LogP contribution in [-0.4, -0.2) is 9.38 Å². The van der Waals surface area contributed by atoms with Crippen molar-refractivity contribution in [2.45, 2.75) is 20.4 Å². The molecule has 0 fully saturated rings. The highest BCUT2D eigenvalue weighted by atomic mass is 79.9. The van der Waals surface area contributed by atoms with Crippen LogP contribution in [0.1, 0.15) is 16.3 Å². The quantitative estimate of drug-likeness (QED) is 0.567. The molecule has 2 aromatic heterocycles. The molecule has 0 spiro atoms. The summed E-state index contributed by atoms with van der Waals surface area (Å²) in [5.74, 6) is 0. The summed E-state index contributed by atoms with van der Waals surface area (Å²) in [5, 5.41) is 4.37. The zero-order valence-electron chi connectivity index (χ0n) is 11.4. The van der Waals surface area contributed by atoms with Gasteiger partial charge in [-0.05, 0) is 41.9 Å². The van der Waals surface area contributed by atoms with Gasteiger partial charge in [0.2, 0.25) is 0 Å². The Morgan fingerprint density at radius 2 is 2.05 bits per heavy atom. The van der Waals surface area contributed by atoms with Gasteiger partial charge in [0.05, 0.1) is 33.7 Å². The van der Waals surface area contributed by atoms with E-state index in [1.165, 1.54) is 4.88 Å². The second-order valence-corrected chi connectivity index (χ2v) is 7.54. The van der Waals surface area contributed by atoms with Crippen molar-refractivity contribution < 1.29 is 0 Å². The molecule has 21 heavy (non-hydrogen) atoms. The van der Waals surface area contributed by atoms with E-state index < -0.39 is 0 Å². The van der Waals surface area contributed by atoms with Crippen molar-refractivity contribution in [2.75, 3.05) is 5.32 Å². The molecule has 3 rings (SSSR count). The van der Waals surface area contributed by atoms with Gasteiger partial charge in [-0.2, -0.15) is 0 Å². The summed E-state index contributed by atoms with van der Waals surface area (Å²) in [4.78, 5) is 6.83. The van der Waals surface area contributed by atoms with E-state index in [4.69, 9.17) is 23.2 Å². The molecule has 110 valence electrons. The van der Waals surface area contributed by atoms with Crippen molar-refractivity contribution in [3.05, 3.63) is 49.1 Å². The second kappa shape index (κ2) is 5.80. The zero-order chi connectivity index (χ0) is 15.1. The number of thiazole rings is 1. The summed E-state index contributed by atoms with van der Waals surface area (Å²) in [6.45, 7) is 4.74. The van der Waals surface area contributed by atoms with Crippen molar-refractivity contribution >= 4 is 61.1 Å². The van der Waals surface area contributed by atoms with Crippen LogP contribution in [-0.2, 0) is 6.54 Å². The first-order valence-electron chi connectivity index (χ1n) is 6.28. The molecule has 0 amide bonds. The van der Waals surface area contributed by atoms with Gasteiger partial charge in [0.1, 0.15) is 0 Å². The first-order chi connectivity index (χ1) is 9.97. The number of hydrogen-bond donors (Lipinski definition) is 1. The first kappa shape index (κ1) is 15.2. The summed E-state index contributed by atoms with van der Waals surface area (Å²) in [6, 6.07) is 3.79. The summed E-state index contributed by atoms with van der Waals surface area (Å²) in [5.41, 5.74) is 2.96. The fourth-order valence-corrected chi connectivity index (χ4v) is 3.89. The van der Waals surface area contributed by atoms with Gasteiger partial charge in [0, 0.05) is 15.5 Å². The minimum atomic E-state index is 0.517. The lowest BCUT2D eigenvalue weighted by atomic mass is 10.3. The van der Waals surface area contributed by atoms with Gasteiger partial charge in [-0.3, -0.25) is 4.40 Å². The molecule has 0 bridgehead atoms. The zero-order valence-corrected chi connectivity index (χ0v) is 15.3. The largest absolute Gasteiger partial charge is 0.378 e. The lowest BCUT2D eigenvalue weighted by Gasteiger charge is -2.10. The Morgan fingerprint density at radius 3 is 2.81 bits per heavy atom. The number of halogens is 3. The van der Waals surface area contributed by atoms with Gasteiger partial charge < -0.3 is 5.32 Å². The number of nitrogens with zero attached hydrogens (tertiary/aromatic N) is 2. The fraction of sp³-hybridized carbons (Fsp3) is 0.214. The lowest BCUT2D eigenvalue weighted by molar-refractivity contribution is 0.991. The number of nitrogens with one attached hydrogen (secondary N) is 1. The third-order valence-electron chi connectivity index (χ3n) is 3.22. The Balaban J connectivity index is 1.90. The molecule has 1 N–H and O–H groups in total. The summed E-state index contributed by atoms with van der Waals surface area (Å²) in [6.07, 6.45) is 2.10. The number of benzene rings is 1. The molecule has 0 aliphatic heterocycles. The maximum Gasteiger partial charge on any atom is 0.194 e. The molecule has 0 unspecified atom stereocenters. The van der Waals surface area contributed by atoms with Crippen molar-refractivity contribution in [1.82, 2.24) is 9.38 Å². The van der Waals surface area contributed by atoms with Crippen molar-refractivity contribution in [2.24, 2.45) is 0 Å². The summed E-state index contributed by atoms with van der Waals surface area (Å²) >= 11 is 17.4. The molecule has 2 heterocycles. The Bertz CT molecular complexity index is 825. The van der Waals surface area contributed by atoms with Crippen LogP contribution in [0.3, 0.4) is 0 Å². The fourth-order valence-electron chi connectivity index (χ4n) is 2.16. The SMILES string of the molecule is Cc1cn2c(CNc3ccc(Br)c(Cl)c3Cl)c(C)nc2s1. The van der Waals surface area contributed by atoms with Gasteiger partial charge in [-0.1, -0.05) is 23.2 Å². The number of anilines is 1. The number of fused-ring (bicyclic) bond motifs is 1. The van der Waals surface area contributed by atoms with E-state index >= 15 is 0 Å². The molecule has 0 radical (unpaired) electrons. The van der Waals surface area contributed by atoms with Gasteiger partial charge in [-0.25, -0.2) is 4.98 Å². The second-order valence-electron chi connectivity index (χ2n) is 4.71. The van der Waals surface area contributed by atoms with Gasteiger partial charge >= 0.3 is 0 Å². The van der Waals surface area contributed by atoms with E-state index in [1.54, 1.807) is 11.3 Å².